The van der Waals surface area contributed by atoms with Crippen molar-refractivity contribution < 1.29 is 13.9 Å². The van der Waals surface area contributed by atoms with Crippen molar-refractivity contribution in [2.75, 3.05) is 0 Å². The zero-order chi connectivity index (χ0) is 10.1. The summed E-state index contributed by atoms with van der Waals surface area (Å²) in [5, 5.41) is 9.52. The molecule has 0 aliphatic rings. The highest BCUT2D eigenvalue weighted by Gasteiger charge is 2.25. The summed E-state index contributed by atoms with van der Waals surface area (Å²) in [5.41, 5.74) is -1.51. The molecule has 0 unspecified atom stereocenters. The molecule has 0 atom stereocenters. The molecule has 1 rings (SSSR count). The molecule has 0 aliphatic heterocycles. The molecule has 4 heteroatoms. The van der Waals surface area contributed by atoms with Gasteiger partial charge in [-0.15, -0.1) is 0 Å². The second-order valence-corrected chi connectivity index (χ2v) is 3.30. The first-order chi connectivity index (χ1) is 5.93. The van der Waals surface area contributed by atoms with Crippen molar-refractivity contribution in [1.29, 1.82) is 0 Å². The minimum atomic E-state index is -2.60. The third-order valence-electron chi connectivity index (χ3n) is 1.65. The standard InChI is InChI=1S/C9H11F2NO/c1-9(2,13)7-6(8(10)11)4-3-5-12-7/h3-5,8,13H,1-2H3. The number of aromatic nitrogens is 1. The van der Waals surface area contributed by atoms with Crippen molar-refractivity contribution in [3.05, 3.63) is 29.6 Å². The van der Waals surface area contributed by atoms with Gasteiger partial charge in [-0.2, -0.15) is 0 Å². The third-order valence-corrected chi connectivity index (χ3v) is 1.65. The predicted molar refractivity (Wildman–Crippen MR) is 44.4 cm³/mol. The Morgan fingerprint density at radius 2 is 2.08 bits per heavy atom. The van der Waals surface area contributed by atoms with Gasteiger partial charge in [0.25, 0.3) is 6.43 Å². The summed E-state index contributed by atoms with van der Waals surface area (Å²) in [6.45, 7) is 2.86. The van der Waals surface area contributed by atoms with Gasteiger partial charge in [0, 0.05) is 11.8 Å². The quantitative estimate of drug-likeness (QED) is 0.770. The van der Waals surface area contributed by atoms with Gasteiger partial charge in [0.05, 0.1) is 5.69 Å². The Kier molecular flexibility index (Phi) is 2.61. The van der Waals surface area contributed by atoms with Crippen LogP contribution in [-0.4, -0.2) is 10.1 Å². The first-order valence-corrected chi connectivity index (χ1v) is 3.89. The molecule has 1 N–H and O–H groups in total. The lowest BCUT2D eigenvalue weighted by Crippen LogP contribution is -2.20. The van der Waals surface area contributed by atoms with Crippen molar-refractivity contribution in [1.82, 2.24) is 4.98 Å². The van der Waals surface area contributed by atoms with E-state index in [4.69, 9.17) is 0 Å². The van der Waals surface area contributed by atoms with Gasteiger partial charge in [-0.25, -0.2) is 8.78 Å². The van der Waals surface area contributed by atoms with E-state index >= 15 is 0 Å². The van der Waals surface area contributed by atoms with Crippen molar-refractivity contribution in [3.63, 3.8) is 0 Å². The van der Waals surface area contributed by atoms with Crippen LogP contribution in [0.3, 0.4) is 0 Å². The lowest BCUT2D eigenvalue weighted by molar-refractivity contribution is 0.0651. The maximum Gasteiger partial charge on any atom is 0.265 e. The smallest absolute Gasteiger partial charge is 0.265 e. The van der Waals surface area contributed by atoms with Crippen LogP contribution in [0.4, 0.5) is 8.78 Å². The molecule has 72 valence electrons. The van der Waals surface area contributed by atoms with Crippen LogP contribution in [-0.2, 0) is 5.60 Å². The topological polar surface area (TPSA) is 33.1 Å². The Hall–Kier alpha value is -1.03. The first-order valence-electron chi connectivity index (χ1n) is 3.89. The number of nitrogens with zero attached hydrogens (tertiary/aromatic N) is 1. The van der Waals surface area contributed by atoms with E-state index in [2.05, 4.69) is 4.98 Å². The fourth-order valence-corrected chi connectivity index (χ4v) is 1.11. The number of alkyl halides is 2. The van der Waals surface area contributed by atoms with Gasteiger partial charge in [0.1, 0.15) is 5.60 Å². The second kappa shape index (κ2) is 3.38. The normalized spacial score (nSPS) is 12.2. The Balaban J connectivity index is 3.20. The third kappa shape index (κ3) is 2.21. The van der Waals surface area contributed by atoms with Crippen LogP contribution in [0, 0.1) is 0 Å². The minimum Gasteiger partial charge on any atom is -0.384 e. The number of hydrogen-bond donors (Lipinski definition) is 1. The summed E-state index contributed by atoms with van der Waals surface area (Å²) in [7, 11) is 0. The molecule has 0 radical (unpaired) electrons. The Morgan fingerprint density at radius 3 is 2.46 bits per heavy atom. The molecular formula is C9H11F2NO. The number of pyridine rings is 1. The van der Waals surface area contributed by atoms with E-state index in [-0.39, 0.29) is 11.3 Å². The Morgan fingerprint density at radius 1 is 1.46 bits per heavy atom. The van der Waals surface area contributed by atoms with Crippen LogP contribution >= 0.6 is 0 Å². The van der Waals surface area contributed by atoms with E-state index in [9.17, 15) is 13.9 Å². The van der Waals surface area contributed by atoms with Crippen LogP contribution in [0.15, 0.2) is 18.3 Å². The van der Waals surface area contributed by atoms with Gasteiger partial charge >= 0.3 is 0 Å². The Labute approximate surface area is 75.2 Å². The number of hydrogen-bond acceptors (Lipinski definition) is 2. The van der Waals surface area contributed by atoms with Crippen molar-refractivity contribution in [2.45, 2.75) is 25.9 Å². The van der Waals surface area contributed by atoms with Crippen LogP contribution in [0.1, 0.15) is 31.5 Å². The molecule has 0 saturated heterocycles. The average molecular weight is 187 g/mol. The predicted octanol–water partition coefficient (Wildman–Crippen LogP) is 2.25. The summed E-state index contributed by atoms with van der Waals surface area (Å²) in [4.78, 5) is 3.74. The fraction of sp³-hybridized carbons (Fsp3) is 0.444. The molecule has 1 aromatic rings. The first kappa shape index (κ1) is 10.1. The van der Waals surface area contributed by atoms with Crippen molar-refractivity contribution in [2.24, 2.45) is 0 Å². The van der Waals surface area contributed by atoms with Crippen LogP contribution < -0.4 is 0 Å². The van der Waals surface area contributed by atoms with E-state index < -0.39 is 12.0 Å². The molecular weight excluding hydrogens is 176 g/mol. The zero-order valence-electron chi connectivity index (χ0n) is 7.46. The molecule has 13 heavy (non-hydrogen) atoms. The number of rotatable bonds is 2. The van der Waals surface area contributed by atoms with Gasteiger partial charge in [0.15, 0.2) is 0 Å². The molecule has 0 aliphatic carbocycles. The second-order valence-electron chi connectivity index (χ2n) is 3.30. The van der Waals surface area contributed by atoms with E-state index in [1.165, 1.54) is 32.2 Å². The monoisotopic (exact) mass is 187 g/mol. The molecule has 1 heterocycles. The summed E-state index contributed by atoms with van der Waals surface area (Å²) in [5.74, 6) is 0. The molecule has 0 amide bonds. The number of halogens is 2. The highest BCUT2D eigenvalue weighted by molar-refractivity contribution is 5.25. The van der Waals surface area contributed by atoms with Gasteiger partial charge < -0.3 is 5.11 Å². The summed E-state index contributed by atoms with van der Waals surface area (Å²) >= 11 is 0. The molecule has 0 spiro atoms. The highest BCUT2D eigenvalue weighted by atomic mass is 19.3. The molecule has 0 fully saturated rings. The van der Waals surface area contributed by atoms with Crippen LogP contribution in [0.25, 0.3) is 0 Å². The fourth-order valence-electron chi connectivity index (χ4n) is 1.11. The van der Waals surface area contributed by atoms with Crippen LogP contribution in [0.5, 0.6) is 0 Å². The summed E-state index contributed by atoms with van der Waals surface area (Å²) in [6, 6.07) is 2.70. The largest absolute Gasteiger partial charge is 0.384 e. The van der Waals surface area contributed by atoms with Gasteiger partial charge in [-0.05, 0) is 26.0 Å². The van der Waals surface area contributed by atoms with Crippen LogP contribution in [0.2, 0.25) is 0 Å². The maximum absolute atomic E-state index is 12.4. The lowest BCUT2D eigenvalue weighted by Gasteiger charge is -2.19. The van der Waals surface area contributed by atoms with Crippen molar-refractivity contribution in [3.8, 4) is 0 Å². The minimum absolute atomic E-state index is 0.0324. The van der Waals surface area contributed by atoms with Gasteiger partial charge in [-0.3, -0.25) is 4.98 Å². The van der Waals surface area contributed by atoms with E-state index in [0.29, 0.717) is 0 Å². The SMILES string of the molecule is CC(C)(O)c1ncccc1C(F)F. The molecule has 2 nitrogen and oxygen atoms in total. The molecule has 0 saturated carbocycles. The zero-order valence-corrected chi connectivity index (χ0v) is 7.46. The number of aliphatic hydroxyl groups is 1. The van der Waals surface area contributed by atoms with Gasteiger partial charge in [0.2, 0.25) is 0 Å². The van der Waals surface area contributed by atoms with Crippen molar-refractivity contribution >= 4 is 0 Å². The summed E-state index contributed by atoms with van der Waals surface area (Å²) in [6.07, 6.45) is -1.21. The maximum atomic E-state index is 12.4. The summed E-state index contributed by atoms with van der Waals surface area (Å²) < 4.78 is 24.8. The van der Waals surface area contributed by atoms with E-state index in [1.807, 2.05) is 0 Å². The Bertz CT molecular complexity index is 294. The van der Waals surface area contributed by atoms with Gasteiger partial charge in [-0.1, -0.05) is 0 Å². The molecule has 0 aromatic carbocycles. The molecule has 0 bridgehead atoms. The highest BCUT2D eigenvalue weighted by Crippen LogP contribution is 2.28. The lowest BCUT2D eigenvalue weighted by atomic mass is 10.00. The molecule has 1 aromatic heterocycles. The van der Waals surface area contributed by atoms with E-state index in [0.717, 1.165) is 0 Å². The average Bonchev–Trinajstić information content (AvgIpc) is 2.03. The van der Waals surface area contributed by atoms with E-state index in [1.54, 1.807) is 0 Å².